The SMILES string of the molecule is CCOc1ccc(OCC)c(S(=O)(=O)NC2CCCCC2)c1. The molecule has 124 valence electrons. The van der Waals surface area contributed by atoms with Crippen LogP contribution in [0.4, 0.5) is 0 Å². The average Bonchev–Trinajstić information content (AvgIpc) is 2.50. The molecular formula is C16H25NO4S. The zero-order chi connectivity index (χ0) is 16.0. The molecule has 0 aromatic heterocycles. The number of rotatable bonds is 7. The minimum absolute atomic E-state index is 0.0176. The maximum Gasteiger partial charge on any atom is 0.244 e. The van der Waals surface area contributed by atoms with E-state index in [1.807, 2.05) is 13.8 Å². The predicted molar refractivity (Wildman–Crippen MR) is 86.0 cm³/mol. The van der Waals surface area contributed by atoms with Crippen molar-refractivity contribution in [3.63, 3.8) is 0 Å². The lowest BCUT2D eigenvalue weighted by atomic mass is 9.96. The van der Waals surface area contributed by atoms with E-state index >= 15 is 0 Å². The highest BCUT2D eigenvalue weighted by Gasteiger charge is 2.25. The molecule has 1 fully saturated rings. The number of nitrogens with one attached hydrogen (secondary N) is 1. The molecule has 1 saturated carbocycles. The van der Waals surface area contributed by atoms with Crippen molar-refractivity contribution in [1.29, 1.82) is 0 Å². The lowest BCUT2D eigenvalue weighted by molar-refractivity contribution is 0.322. The zero-order valence-electron chi connectivity index (χ0n) is 13.3. The Kier molecular flexibility index (Phi) is 6.08. The zero-order valence-corrected chi connectivity index (χ0v) is 14.1. The molecule has 0 spiro atoms. The standard InChI is InChI=1S/C16H25NO4S/c1-3-20-14-10-11-15(21-4-2)16(12-14)22(18,19)17-13-8-6-5-7-9-13/h10-13,17H,3-9H2,1-2H3. The third-order valence-corrected chi connectivity index (χ3v) is 5.28. The summed E-state index contributed by atoms with van der Waals surface area (Å²) in [6.07, 6.45) is 5.12. The van der Waals surface area contributed by atoms with E-state index in [-0.39, 0.29) is 10.9 Å². The number of benzene rings is 1. The van der Waals surface area contributed by atoms with Crippen molar-refractivity contribution in [3.8, 4) is 11.5 Å². The maximum atomic E-state index is 12.7. The van der Waals surface area contributed by atoms with Crippen LogP contribution in [0.25, 0.3) is 0 Å². The van der Waals surface area contributed by atoms with E-state index in [9.17, 15) is 8.42 Å². The number of ether oxygens (including phenoxy) is 2. The molecule has 2 rings (SSSR count). The van der Waals surface area contributed by atoms with E-state index in [0.29, 0.717) is 24.7 Å². The average molecular weight is 327 g/mol. The summed E-state index contributed by atoms with van der Waals surface area (Å²) in [5.74, 6) is 0.907. The van der Waals surface area contributed by atoms with Crippen LogP contribution in [-0.2, 0) is 10.0 Å². The summed E-state index contributed by atoms with van der Waals surface area (Å²) in [5.41, 5.74) is 0. The molecule has 0 atom stereocenters. The summed E-state index contributed by atoms with van der Waals surface area (Å²) in [7, 11) is -3.61. The molecule has 0 saturated heterocycles. The molecule has 0 radical (unpaired) electrons. The highest BCUT2D eigenvalue weighted by atomic mass is 32.2. The van der Waals surface area contributed by atoms with Crippen molar-refractivity contribution in [3.05, 3.63) is 18.2 Å². The fourth-order valence-electron chi connectivity index (χ4n) is 2.73. The first-order valence-electron chi connectivity index (χ1n) is 7.98. The maximum absolute atomic E-state index is 12.7. The quantitative estimate of drug-likeness (QED) is 0.836. The van der Waals surface area contributed by atoms with Gasteiger partial charge in [0.1, 0.15) is 16.4 Å². The van der Waals surface area contributed by atoms with Crippen molar-refractivity contribution in [2.45, 2.75) is 56.9 Å². The van der Waals surface area contributed by atoms with E-state index in [4.69, 9.17) is 9.47 Å². The molecule has 6 heteroatoms. The van der Waals surface area contributed by atoms with Gasteiger partial charge in [0.25, 0.3) is 0 Å². The second-order valence-electron chi connectivity index (χ2n) is 5.43. The Morgan fingerprint density at radius 2 is 1.77 bits per heavy atom. The number of sulfonamides is 1. The third kappa shape index (κ3) is 4.36. The van der Waals surface area contributed by atoms with Gasteiger partial charge in [-0.05, 0) is 38.8 Å². The van der Waals surface area contributed by atoms with Crippen LogP contribution in [0.2, 0.25) is 0 Å². The monoisotopic (exact) mass is 327 g/mol. The van der Waals surface area contributed by atoms with Crippen LogP contribution in [0.3, 0.4) is 0 Å². The Bertz CT molecular complexity index is 580. The first-order chi connectivity index (χ1) is 10.6. The molecule has 0 unspecified atom stereocenters. The second kappa shape index (κ2) is 7.83. The Morgan fingerprint density at radius 3 is 2.41 bits per heavy atom. The summed E-state index contributed by atoms with van der Waals surface area (Å²) in [6.45, 7) is 4.61. The van der Waals surface area contributed by atoms with Crippen molar-refractivity contribution < 1.29 is 17.9 Å². The number of hydrogen-bond donors (Lipinski definition) is 1. The number of hydrogen-bond acceptors (Lipinski definition) is 4. The molecule has 0 amide bonds. The highest BCUT2D eigenvalue weighted by molar-refractivity contribution is 7.89. The van der Waals surface area contributed by atoms with Gasteiger partial charge < -0.3 is 9.47 Å². The van der Waals surface area contributed by atoms with Crippen LogP contribution < -0.4 is 14.2 Å². The molecule has 1 aliphatic carbocycles. The van der Waals surface area contributed by atoms with Crippen molar-refractivity contribution in [2.24, 2.45) is 0 Å². The van der Waals surface area contributed by atoms with Gasteiger partial charge in [-0.25, -0.2) is 13.1 Å². The van der Waals surface area contributed by atoms with E-state index in [1.165, 1.54) is 6.42 Å². The highest BCUT2D eigenvalue weighted by Crippen LogP contribution is 2.29. The van der Waals surface area contributed by atoms with Crippen molar-refractivity contribution in [2.75, 3.05) is 13.2 Å². The predicted octanol–water partition coefficient (Wildman–Crippen LogP) is 3.10. The molecule has 1 N–H and O–H groups in total. The molecule has 1 aromatic rings. The minimum atomic E-state index is -3.61. The molecular weight excluding hydrogens is 302 g/mol. The van der Waals surface area contributed by atoms with E-state index < -0.39 is 10.0 Å². The van der Waals surface area contributed by atoms with E-state index in [2.05, 4.69) is 4.72 Å². The third-order valence-electron chi connectivity index (χ3n) is 3.74. The van der Waals surface area contributed by atoms with Crippen LogP contribution in [0.1, 0.15) is 46.0 Å². The Hall–Kier alpha value is -1.27. The van der Waals surface area contributed by atoms with Gasteiger partial charge >= 0.3 is 0 Å². The van der Waals surface area contributed by atoms with Crippen molar-refractivity contribution >= 4 is 10.0 Å². The topological polar surface area (TPSA) is 64.6 Å². The van der Waals surface area contributed by atoms with Gasteiger partial charge in [-0.1, -0.05) is 19.3 Å². The molecule has 5 nitrogen and oxygen atoms in total. The Balaban J connectivity index is 2.27. The van der Waals surface area contributed by atoms with Gasteiger partial charge in [-0.15, -0.1) is 0 Å². The summed E-state index contributed by atoms with van der Waals surface area (Å²) in [4.78, 5) is 0.158. The van der Waals surface area contributed by atoms with Crippen LogP contribution in [0.15, 0.2) is 23.1 Å². The molecule has 0 bridgehead atoms. The Labute approximate surface area is 133 Å². The molecule has 0 heterocycles. The van der Waals surface area contributed by atoms with Crippen molar-refractivity contribution in [1.82, 2.24) is 4.72 Å². The van der Waals surface area contributed by atoms with Crippen LogP contribution >= 0.6 is 0 Å². The first kappa shape index (κ1) is 17.1. The van der Waals surface area contributed by atoms with Gasteiger partial charge in [0, 0.05) is 12.1 Å². The normalized spacial score (nSPS) is 16.5. The lowest BCUT2D eigenvalue weighted by Crippen LogP contribution is -2.36. The van der Waals surface area contributed by atoms with Gasteiger partial charge in [-0.3, -0.25) is 0 Å². The largest absolute Gasteiger partial charge is 0.494 e. The summed E-state index contributed by atoms with van der Waals surface area (Å²) >= 11 is 0. The summed E-state index contributed by atoms with van der Waals surface area (Å²) in [5, 5.41) is 0. The van der Waals surface area contributed by atoms with Crippen LogP contribution in [0.5, 0.6) is 11.5 Å². The fourth-order valence-corrected chi connectivity index (χ4v) is 4.20. The second-order valence-corrected chi connectivity index (χ2v) is 7.11. The van der Waals surface area contributed by atoms with E-state index in [0.717, 1.165) is 25.7 Å². The summed E-state index contributed by atoms with van der Waals surface area (Å²) < 4.78 is 39.1. The summed E-state index contributed by atoms with van der Waals surface area (Å²) in [6, 6.07) is 4.95. The fraction of sp³-hybridized carbons (Fsp3) is 0.625. The van der Waals surface area contributed by atoms with Crippen LogP contribution in [-0.4, -0.2) is 27.7 Å². The molecule has 0 aliphatic heterocycles. The lowest BCUT2D eigenvalue weighted by Gasteiger charge is -2.23. The van der Waals surface area contributed by atoms with Gasteiger partial charge in [0.15, 0.2) is 0 Å². The smallest absolute Gasteiger partial charge is 0.244 e. The molecule has 1 aromatic carbocycles. The minimum Gasteiger partial charge on any atom is -0.494 e. The Morgan fingerprint density at radius 1 is 1.09 bits per heavy atom. The van der Waals surface area contributed by atoms with E-state index in [1.54, 1.807) is 18.2 Å². The van der Waals surface area contributed by atoms with Crippen LogP contribution in [0, 0.1) is 0 Å². The first-order valence-corrected chi connectivity index (χ1v) is 9.47. The van der Waals surface area contributed by atoms with Gasteiger partial charge in [0.2, 0.25) is 10.0 Å². The molecule has 22 heavy (non-hydrogen) atoms. The van der Waals surface area contributed by atoms with Gasteiger partial charge in [0.05, 0.1) is 13.2 Å². The molecule has 1 aliphatic rings. The van der Waals surface area contributed by atoms with Gasteiger partial charge in [-0.2, -0.15) is 0 Å².